The predicted octanol–water partition coefficient (Wildman–Crippen LogP) is 7.11. The summed E-state index contributed by atoms with van der Waals surface area (Å²) in [5.74, 6) is 2.81. The molecule has 0 saturated heterocycles. The zero-order valence-corrected chi connectivity index (χ0v) is 15.4. The summed E-state index contributed by atoms with van der Waals surface area (Å²) in [4.78, 5) is 0. The van der Waals surface area contributed by atoms with Crippen LogP contribution >= 0.6 is 0 Å². The lowest BCUT2D eigenvalue weighted by molar-refractivity contribution is 0.221. The van der Waals surface area contributed by atoms with Crippen LogP contribution in [0.1, 0.15) is 84.0 Å². The molecule has 1 nitrogen and oxygen atoms in total. The summed E-state index contributed by atoms with van der Waals surface area (Å²) in [5, 5.41) is 8.39. The molecule has 2 saturated carbocycles. The van der Waals surface area contributed by atoms with Crippen molar-refractivity contribution in [1.82, 2.24) is 0 Å². The molecule has 2 fully saturated rings. The average Bonchev–Trinajstić information content (AvgIpc) is 2.62. The predicted molar refractivity (Wildman–Crippen MR) is 99.0 cm³/mol. The van der Waals surface area contributed by atoms with Crippen LogP contribution in [-0.4, -0.2) is 0 Å². The molecule has 0 spiro atoms. The lowest BCUT2D eigenvalue weighted by Gasteiger charge is -2.31. The van der Waals surface area contributed by atoms with Gasteiger partial charge >= 0.3 is 0 Å². The Balaban J connectivity index is 1.59. The minimum Gasteiger partial charge on any atom is -0.195 e. The van der Waals surface area contributed by atoms with E-state index in [2.05, 4.69) is 13.0 Å². The topological polar surface area (TPSA) is 23.8 Å². The van der Waals surface area contributed by atoms with Crippen molar-refractivity contribution in [2.45, 2.75) is 84.0 Å². The van der Waals surface area contributed by atoms with Gasteiger partial charge in [0.2, 0.25) is 0 Å². The van der Waals surface area contributed by atoms with E-state index in [1.807, 2.05) is 0 Å². The molecule has 0 amide bonds. The summed E-state index contributed by atoms with van der Waals surface area (Å²) >= 11 is 0. The van der Waals surface area contributed by atoms with Gasteiger partial charge < -0.3 is 0 Å². The monoisotopic (exact) mass is 331 g/mol. The Morgan fingerprint density at radius 2 is 1.42 bits per heavy atom. The SMILES string of the molecule is CCC[C@H]1CC[C@H](CC[C@H]2CC[C@H](C=CC=C(F)C#N)CC2)CC1. The van der Waals surface area contributed by atoms with Crippen molar-refractivity contribution in [3.05, 3.63) is 24.1 Å². The van der Waals surface area contributed by atoms with Crippen molar-refractivity contribution in [2.75, 3.05) is 0 Å². The Morgan fingerprint density at radius 3 is 1.92 bits per heavy atom. The third-order valence-corrected chi connectivity index (χ3v) is 6.27. The van der Waals surface area contributed by atoms with Crippen LogP contribution in [0, 0.1) is 35.0 Å². The summed E-state index contributed by atoms with van der Waals surface area (Å²) in [6.07, 6.45) is 21.7. The van der Waals surface area contributed by atoms with Crippen LogP contribution in [0.4, 0.5) is 4.39 Å². The van der Waals surface area contributed by atoms with Crippen molar-refractivity contribution in [3.8, 4) is 6.07 Å². The molecular formula is C22H34FN. The molecule has 0 atom stereocenters. The molecule has 0 aromatic rings. The van der Waals surface area contributed by atoms with Crippen molar-refractivity contribution in [3.63, 3.8) is 0 Å². The maximum Gasteiger partial charge on any atom is 0.199 e. The Kier molecular flexibility index (Phi) is 8.57. The van der Waals surface area contributed by atoms with E-state index < -0.39 is 5.83 Å². The number of nitriles is 1. The first-order valence-electron chi connectivity index (χ1n) is 10.1. The number of hydrogen-bond acceptors (Lipinski definition) is 1. The summed E-state index contributed by atoms with van der Waals surface area (Å²) in [6, 6.07) is 1.51. The highest BCUT2D eigenvalue weighted by atomic mass is 19.1. The molecule has 0 unspecified atom stereocenters. The molecule has 2 heteroatoms. The van der Waals surface area contributed by atoms with Gasteiger partial charge in [0.05, 0.1) is 0 Å². The molecule has 134 valence electrons. The van der Waals surface area contributed by atoms with Gasteiger partial charge in [-0.05, 0) is 55.4 Å². The summed E-state index contributed by atoms with van der Waals surface area (Å²) < 4.78 is 12.7. The van der Waals surface area contributed by atoms with Crippen molar-refractivity contribution < 1.29 is 4.39 Å². The molecule has 2 rings (SSSR count). The van der Waals surface area contributed by atoms with Crippen LogP contribution in [-0.2, 0) is 0 Å². The standard InChI is InChI=1S/C22H34FN/c1-2-4-18-7-11-20(12-8-18)15-16-21-13-9-19(10-14-21)5-3-6-22(23)17-24/h3,5-6,18-21H,2,4,7-16H2,1H3/t18-,19-,20-,21-. The third kappa shape index (κ3) is 6.80. The molecule has 2 aliphatic carbocycles. The van der Waals surface area contributed by atoms with Crippen LogP contribution < -0.4 is 0 Å². The van der Waals surface area contributed by atoms with E-state index in [9.17, 15) is 4.39 Å². The number of hydrogen-bond donors (Lipinski definition) is 0. The van der Waals surface area contributed by atoms with E-state index in [0.717, 1.165) is 17.8 Å². The quantitative estimate of drug-likeness (QED) is 0.360. The zero-order chi connectivity index (χ0) is 17.2. The first kappa shape index (κ1) is 19.2. The Bertz CT molecular complexity index is 443. The van der Waals surface area contributed by atoms with Crippen molar-refractivity contribution in [1.29, 1.82) is 5.26 Å². The van der Waals surface area contributed by atoms with Crippen molar-refractivity contribution in [2.24, 2.45) is 23.7 Å². The Labute approximate surface area is 148 Å². The van der Waals surface area contributed by atoms with E-state index in [4.69, 9.17) is 5.26 Å². The second kappa shape index (κ2) is 10.7. The molecule has 0 N–H and O–H groups in total. The lowest BCUT2D eigenvalue weighted by Crippen LogP contribution is -2.17. The maximum absolute atomic E-state index is 12.7. The first-order valence-corrected chi connectivity index (χ1v) is 10.1. The van der Waals surface area contributed by atoms with Crippen LogP contribution in [0.3, 0.4) is 0 Å². The number of halogens is 1. The lowest BCUT2D eigenvalue weighted by atomic mass is 9.75. The van der Waals surface area contributed by atoms with Gasteiger partial charge in [0.1, 0.15) is 6.07 Å². The molecule has 2 aliphatic rings. The molecular weight excluding hydrogens is 297 g/mol. The minimum absolute atomic E-state index is 0.577. The highest BCUT2D eigenvalue weighted by molar-refractivity contribution is 5.19. The Morgan fingerprint density at radius 1 is 0.917 bits per heavy atom. The number of allylic oxidation sites excluding steroid dienone is 4. The van der Waals surface area contributed by atoms with Gasteiger partial charge in [0.25, 0.3) is 0 Å². The largest absolute Gasteiger partial charge is 0.199 e. The molecule has 0 aromatic carbocycles. The molecule has 24 heavy (non-hydrogen) atoms. The number of nitrogens with zero attached hydrogens (tertiary/aromatic N) is 1. The van der Waals surface area contributed by atoms with Gasteiger partial charge in [0.15, 0.2) is 5.83 Å². The normalized spacial score (nSPS) is 32.0. The van der Waals surface area contributed by atoms with Gasteiger partial charge in [-0.15, -0.1) is 0 Å². The molecule has 0 radical (unpaired) electrons. The molecule has 0 bridgehead atoms. The average molecular weight is 332 g/mol. The first-order chi connectivity index (χ1) is 11.7. The van der Waals surface area contributed by atoms with E-state index in [1.165, 1.54) is 89.2 Å². The van der Waals surface area contributed by atoms with E-state index >= 15 is 0 Å². The zero-order valence-electron chi connectivity index (χ0n) is 15.4. The summed E-state index contributed by atoms with van der Waals surface area (Å²) in [7, 11) is 0. The van der Waals surface area contributed by atoms with Crippen LogP contribution in [0.2, 0.25) is 0 Å². The second-order valence-corrected chi connectivity index (χ2v) is 8.04. The molecule has 0 heterocycles. The second-order valence-electron chi connectivity index (χ2n) is 8.04. The summed E-state index contributed by atoms with van der Waals surface area (Å²) in [6.45, 7) is 2.31. The van der Waals surface area contributed by atoms with Crippen LogP contribution in [0.15, 0.2) is 24.1 Å². The smallest absolute Gasteiger partial charge is 0.195 e. The summed E-state index contributed by atoms with van der Waals surface area (Å²) in [5.41, 5.74) is 0. The fourth-order valence-corrected chi connectivity index (χ4v) is 4.69. The number of rotatable bonds is 7. The Hall–Kier alpha value is -1.10. The van der Waals surface area contributed by atoms with Gasteiger partial charge in [-0.2, -0.15) is 9.65 Å². The fourth-order valence-electron chi connectivity index (χ4n) is 4.69. The highest BCUT2D eigenvalue weighted by Gasteiger charge is 2.23. The maximum atomic E-state index is 12.7. The molecule has 0 aromatic heterocycles. The van der Waals surface area contributed by atoms with Crippen LogP contribution in [0.5, 0.6) is 0 Å². The van der Waals surface area contributed by atoms with Gasteiger partial charge in [-0.25, -0.2) is 0 Å². The highest BCUT2D eigenvalue weighted by Crippen LogP contribution is 2.37. The third-order valence-electron chi connectivity index (χ3n) is 6.27. The van der Waals surface area contributed by atoms with Gasteiger partial charge in [0, 0.05) is 0 Å². The van der Waals surface area contributed by atoms with E-state index in [0.29, 0.717) is 5.92 Å². The van der Waals surface area contributed by atoms with Crippen molar-refractivity contribution >= 4 is 0 Å². The van der Waals surface area contributed by atoms with Gasteiger partial charge in [-0.3, -0.25) is 0 Å². The van der Waals surface area contributed by atoms with E-state index in [-0.39, 0.29) is 0 Å². The van der Waals surface area contributed by atoms with Gasteiger partial charge in [-0.1, -0.05) is 70.4 Å². The molecule has 0 aliphatic heterocycles. The van der Waals surface area contributed by atoms with Crippen LogP contribution in [0.25, 0.3) is 0 Å². The fraction of sp³-hybridized carbons (Fsp3) is 0.773. The van der Waals surface area contributed by atoms with E-state index in [1.54, 1.807) is 6.08 Å². The minimum atomic E-state index is -0.700.